The summed E-state index contributed by atoms with van der Waals surface area (Å²) in [4.78, 5) is 15.4. The largest absolute Gasteiger partial charge is 0.496 e. The number of unbranched alkanes of at least 4 members (excludes halogenated alkanes) is 1. The highest BCUT2D eigenvalue weighted by Gasteiger charge is 2.26. The van der Waals surface area contributed by atoms with Crippen molar-refractivity contribution in [3.63, 3.8) is 0 Å². The number of benzene rings is 2. The van der Waals surface area contributed by atoms with Crippen molar-refractivity contribution in [3.05, 3.63) is 64.7 Å². The van der Waals surface area contributed by atoms with Crippen LogP contribution in [0.25, 0.3) is 0 Å². The van der Waals surface area contributed by atoms with E-state index in [1.54, 1.807) is 7.11 Å². The van der Waals surface area contributed by atoms with Gasteiger partial charge in [0.2, 0.25) is 0 Å². The molecule has 4 heteroatoms. The Morgan fingerprint density at radius 1 is 1.18 bits per heavy atom. The number of fused-ring (bicyclic) bond motifs is 1. The van der Waals surface area contributed by atoms with Crippen LogP contribution in [0.1, 0.15) is 53.7 Å². The molecule has 2 aromatic carbocycles. The van der Waals surface area contributed by atoms with Gasteiger partial charge in [0.1, 0.15) is 5.75 Å². The number of nitrogens with zero attached hydrogens (tertiary/aromatic N) is 1. The molecule has 1 aliphatic heterocycles. The van der Waals surface area contributed by atoms with E-state index in [0.29, 0.717) is 23.9 Å². The van der Waals surface area contributed by atoms with Gasteiger partial charge >= 0.3 is 0 Å². The molecule has 0 aromatic heterocycles. The number of hydrogen-bond donors (Lipinski definition) is 1. The Morgan fingerprint density at radius 2 is 1.96 bits per heavy atom. The average molecular weight is 381 g/mol. The third-order valence-corrected chi connectivity index (χ3v) is 5.68. The topological polar surface area (TPSA) is 41.6 Å². The Hall–Kier alpha value is -2.33. The summed E-state index contributed by atoms with van der Waals surface area (Å²) < 4.78 is 5.41. The summed E-state index contributed by atoms with van der Waals surface area (Å²) in [7, 11) is 1.61. The van der Waals surface area contributed by atoms with Crippen LogP contribution in [0.3, 0.4) is 0 Å². The molecule has 1 amide bonds. The van der Waals surface area contributed by atoms with E-state index in [-0.39, 0.29) is 5.91 Å². The van der Waals surface area contributed by atoms with Crippen LogP contribution in [0, 0.1) is 0 Å². The average Bonchev–Trinajstić information content (AvgIpc) is 2.75. The van der Waals surface area contributed by atoms with Crippen LogP contribution < -0.4 is 10.1 Å². The number of hydrogen-bond acceptors (Lipinski definition) is 3. The van der Waals surface area contributed by atoms with Gasteiger partial charge in [-0.1, -0.05) is 50.6 Å². The smallest absolute Gasteiger partial charge is 0.255 e. The highest BCUT2D eigenvalue weighted by atomic mass is 16.5. The summed E-state index contributed by atoms with van der Waals surface area (Å²) >= 11 is 0. The fraction of sp³-hybridized carbons (Fsp3) is 0.458. The summed E-state index contributed by atoms with van der Waals surface area (Å²) in [6.07, 6.45) is 4.23. The minimum absolute atomic E-state index is 0.0542. The molecule has 150 valence electrons. The van der Waals surface area contributed by atoms with Crippen molar-refractivity contribution in [1.82, 2.24) is 10.2 Å². The molecule has 0 saturated carbocycles. The number of carbonyl (C=O) groups excluding carboxylic acids is 1. The highest BCUT2D eigenvalue weighted by molar-refractivity contribution is 5.97. The van der Waals surface area contributed by atoms with Crippen LogP contribution in [0.5, 0.6) is 5.75 Å². The van der Waals surface area contributed by atoms with Crippen LogP contribution in [0.2, 0.25) is 0 Å². The molecular formula is C24H32N2O2. The molecule has 2 aromatic rings. The van der Waals surface area contributed by atoms with Crippen molar-refractivity contribution in [2.45, 2.75) is 52.1 Å². The Labute approximate surface area is 168 Å². The summed E-state index contributed by atoms with van der Waals surface area (Å²) in [6, 6.07) is 14.8. The number of aryl methyl sites for hydroxylation is 1. The quantitative estimate of drug-likeness (QED) is 0.746. The van der Waals surface area contributed by atoms with E-state index in [9.17, 15) is 4.79 Å². The minimum Gasteiger partial charge on any atom is -0.496 e. The lowest BCUT2D eigenvalue weighted by Gasteiger charge is -2.37. The number of amides is 1. The molecule has 0 unspecified atom stereocenters. The molecular weight excluding hydrogens is 348 g/mol. The number of carbonyl (C=O) groups is 1. The molecule has 0 bridgehead atoms. The maximum absolute atomic E-state index is 12.9. The number of ether oxygens (including phenoxy) is 1. The fourth-order valence-corrected chi connectivity index (χ4v) is 3.92. The first-order valence-corrected chi connectivity index (χ1v) is 10.4. The molecule has 0 spiro atoms. The van der Waals surface area contributed by atoms with Crippen molar-refractivity contribution >= 4 is 5.91 Å². The second-order valence-corrected chi connectivity index (χ2v) is 7.55. The number of methoxy groups -OCH3 is 1. The third-order valence-electron chi connectivity index (χ3n) is 5.68. The van der Waals surface area contributed by atoms with Gasteiger partial charge in [-0.05, 0) is 54.6 Å². The normalized spacial score (nSPS) is 16.5. The molecule has 0 aliphatic carbocycles. The molecule has 0 radical (unpaired) electrons. The first-order valence-electron chi connectivity index (χ1n) is 10.4. The van der Waals surface area contributed by atoms with Gasteiger partial charge in [0.15, 0.2) is 0 Å². The molecule has 1 N–H and O–H groups in total. The first kappa shape index (κ1) is 20.4. The van der Waals surface area contributed by atoms with Crippen LogP contribution in [-0.4, -0.2) is 37.0 Å². The van der Waals surface area contributed by atoms with E-state index in [1.807, 2.05) is 18.2 Å². The second-order valence-electron chi connectivity index (χ2n) is 7.55. The van der Waals surface area contributed by atoms with Gasteiger partial charge in [-0.2, -0.15) is 0 Å². The van der Waals surface area contributed by atoms with Gasteiger partial charge in [-0.3, -0.25) is 9.69 Å². The van der Waals surface area contributed by atoms with E-state index in [4.69, 9.17) is 4.74 Å². The molecule has 28 heavy (non-hydrogen) atoms. The molecule has 1 aliphatic rings. The zero-order valence-corrected chi connectivity index (χ0v) is 17.3. The summed E-state index contributed by atoms with van der Waals surface area (Å²) in [5, 5.41) is 3.17. The molecule has 3 rings (SSSR count). The van der Waals surface area contributed by atoms with Crippen molar-refractivity contribution < 1.29 is 9.53 Å². The Kier molecular flexibility index (Phi) is 7.10. The zero-order valence-electron chi connectivity index (χ0n) is 17.3. The third kappa shape index (κ3) is 4.74. The zero-order chi connectivity index (χ0) is 19.9. The first-order chi connectivity index (χ1) is 13.7. The standard InChI is InChI=1S/C24H32N2O2/c1-4-6-13-26-17-20-10-8-7-9-19(20)15-21(26)16-25-24(27)22-14-18(5-2)11-12-23(22)28-3/h7-12,14,21H,4-6,13,15-17H2,1-3H3,(H,25,27)/t21-/m0/s1. The Morgan fingerprint density at radius 3 is 2.68 bits per heavy atom. The Balaban J connectivity index is 1.72. The van der Waals surface area contributed by atoms with E-state index >= 15 is 0 Å². The summed E-state index contributed by atoms with van der Waals surface area (Å²) in [5.41, 5.74) is 4.58. The van der Waals surface area contributed by atoms with Gasteiger partial charge in [-0.15, -0.1) is 0 Å². The van der Waals surface area contributed by atoms with Gasteiger partial charge in [0.25, 0.3) is 5.91 Å². The maximum atomic E-state index is 12.9. The lowest BCUT2D eigenvalue weighted by atomic mass is 9.93. The van der Waals surface area contributed by atoms with Crippen molar-refractivity contribution in [3.8, 4) is 5.75 Å². The van der Waals surface area contributed by atoms with Crippen molar-refractivity contribution in [2.24, 2.45) is 0 Å². The fourth-order valence-electron chi connectivity index (χ4n) is 3.92. The van der Waals surface area contributed by atoms with E-state index in [0.717, 1.165) is 31.5 Å². The number of nitrogens with one attached hydrogen (secondary N) is 1. The SMILES string of the molecule is CCCCN1Cc2ccccc2C[C@H]1CNC(=O)c1cc(CC)ccc1OC. The van der Waals surface area contributed by atoms with Gasteiger partial charge in [-0.25, -0.2) is 0 Å². The Bertz CT molecular complexity index is 803. The molecule has 4 nitrogen and oxygen atoms in total. The van der Waals surface area contributed by atoms with Gasteiger partial charge in [0, 0.05) is 19.1 Å². The molecule has 0 fully saturated rings. The maximum Gasteiger partial charge on any atom is 0.255 e. The van der Waals surface area contributed by atoms with Crippen molar-refractivity contribution in [1.29, 1.82) is 0 Å². The van der Waals surface area contributed by atoms with Gasteiger partial charge in [0.05, 0.1) is 12.7 Å². The summed E-state index contributed by atoms with van der Waals surface area (Å²) in [5.74, 6) is 0.577. The minimum atomic E-state index is -0.0542. The predicted molar refractivity (Wildman–Crippen MR) is 114 cm³/mol. The van der Waals surface area contributed by atoms with Crippen LogP contribution >= 0.6 is 0 Å². The molecule has 1 heterocycles. The van der Waals surface area contributed by atoms with E-state index < -0.39 is 0 Å². The van der Waals surface area contributed by atoms with Crippen molar-refractivity contribution in [2.75, 3.05) is 20.2 Å². The second kappa shape index (κ2) is 9.74. The van der Waals surface area contributed by atoms with Gasteiger partial charge < -0.3 is 10.1 Å². The molecule has 1 atom stereocenters. The molecule has 0 saturated heterocycles. The number of rotatable bonds is 8. The van der Waals surface area contributed by atoms with Crippen LogP contribution in [0.4, 0.5) is 0 Å². The van der Waals surface area contributed by atoms with E-state index in [1.165, 1.54) is 24.0 Å². The monoisotopic (exact) mass is 380 g/mol. The summed E-state index contributed by atoms with van der Waals surface area (Å²) in [6.45, 7) is 7.00. The predicted octanol–water partition coefficient (Wildman–Crippen LogP) is 4.21. The van der Waals surface area contributed by atoms with Crippen LogP contribution in [0.15, 0.2) is 42.5 Å². The highest BCUT2D eigenvalue weighted by Crippen LogP contribution is 2.24. The van der Waals surface area contributed by atoms with Crippen LogP contribution in [-0.2, 0) is 19.4 Å². The lowest BCUT2D eigenvalue weighted by molar-refractivity contribution is 0.0921. The lowest BCUT2D eigenvalue weighted by Crippen LogP contribution is -2.47. The van der Waals surface area contributed by atoms with E-state index in [2.05, 4.69) is 48.3 Å².